The molecule has 29 heavy (non-hydrogen) atoms. The van der Waals surface area contributed by atoms with Crippen LogP contribution in [0.15, 0.2) is 47.1 Å². The van der Waals surface area contributed by atoms with E-state index in [2.05, 4.69) is 4.99 Å². The highest BCUT2D eigenvalue weighted by molar-refractivity contribution is 8.14. The van der Waals surface area contributed by atoms with Crippen molar-refractivity contribution in [1.29, 1.82) is 0 Å². The molecular formula is C21H20ClFN2O3S. The second-order valence-corrected chi connectivity index (χ2v) is 7.58. The van der Waals surface area contributed by atoms with Gasteiger partial charge in [0.25, 0.3) is 5.91 Å². The molecule has 1 amide bonds. The van der Waals surface area contributed by atoms with E-state index < -0.39 is 5.82 Å². The molecule has 152 valence electrons. The molecule has 0 fully saturated rings. The highest BCUT2D eigenvalue weighted by atomic mass is 35.5. The van der Waals surface area contributed by atoms with Gasteiger partial charge in [0, 0.05) is 0 Å². The zero-order chi connectivity index (χ0) is 21.0. The molecule has 0 radical (unpaired) electrons. The topological polar surface area (TPSA) is 51.1 Å². The van der Waals surface area contributed by atoms with Crippen LogP contribution < -0.4 is 14.4 Å². The number of hydrogen-bond donors (Lipinski definition) is 0. The Morgan fingerprint density at radius 3 is 2.66 bits per heavy atom. The molecule has 1 aliphatic rings. The van der Waals surface area contributed by atoms with Crippen LogP contribution in [0.2, 0.25) is 5.02 Å². The normalized spacial score (nSPS) is 15.1. The summed E-state index contributed by atoms with van der Waals surface area (Å²) in [7, 11) is 1.56. The quantitative estimate of drug-likeness (QED) is 0.572. The van der Waals surface area contributed by atoms with E-state index in [1.807, 2.05) is 19.9 Å². The maximum atomic E-state index is 13.5. The lowest BCUT2D eigenvalue weighted by molar-refractivity contribution is -0.113. The summed E-state index contributed by atoms with van der Waals surface area (Å²) in [5.41, 5.74) is 1.48. The number of amidine groups is 1. The Bertz CT molecular complexity index is 994. The third-order valence-electron chi connectivity index (χ3n) is 4.06. The number of ether oxygens (including phenoxy) is 2. The molecule has 8 heteroatoms. The van der Waals surface area contributed by atoms with Gasteiger partial charge in [0.1, 0.15) is 11.5 Å². The lowest BCUT2D eigenvalue weighted by Gasteiger charge is -2.17. The minimum Gasteiger partial charge on any atom is -0.493 e. The first-order chi connectivity index (χ1) is 14.0. The summed E-state index contributed by atoms with van der Waals surface area (Å²) in [6.45, 7) is 4.38. The number of carbonyl (C=O) groups is 1. The summed E-state index contributed by atoms with van der Waals surface area (Å²) < 4.78 is 24.4. The lowest BCUT2D eigenvalue weighted by atomic mass is 10.1. The lowest BCUT2D eigenvalue weighted by Crippen LogP contribution is -2.30. The van der Waals surface area contributed by atoms with Crippen LogP contribution in [-0.4, -0.2) is 30.5 Å². The zero-order valence-electron chi connectivity index (χ0n) is 16.2. The van der Waals surface area contributed by atoms with Gasteiger partial charge >= 0.3 is 0 Å². The number of benzene rings is 2. The largest absolute Gasteiger partial charge is 0.493 e. The second-order valence-electron chi connectivity index (χ2n) is 5.94. The van der Waals surface area contributed by atoms with Gasteiger partial charge in [-0.25, -0.2) is 9.38 Å². The number of rotatable bonds is 6. The first kappa shape index (κ1) is 21.2. The van der Waals surface area contributed by atoms with Gasteiger partial charge in [0.05, 0.1) is 24.4 Å². The number of aliphatic imine (C=N–C) groups is 1. The van der Waals surface area contributed by atoms with Crippen molar-refractivity contribution in [2.24, 2.45) is 4.99 Å². The molecule has 0 saturated carbocycles. The second kappa shape index (κ2) is 9.33. The van der Waals surface area contributed by atoms with E-state index in [0.29, 0.717) is 29.0 Å². The molecule has 1 aliphatic heterocycles. The molecule has 0 atom stereocenters. The molecule has 0 aromatic heterocycles. The fraction of sp³-hybridized carbons (Fsp3) is 0.238. The molecule has 3 rings (SSSR count). The molecule has 0 saturated heterocycles. The summed E-state index contributed by atoms with van der Waals surface area (Å²) >= 11 is 7.32. The fourth-order valence-electron chi connectivity index (χ4n) is 2.78. The summed E-state index contributed by atoms with van der Waals surface area (Å²) in [6, 6.07) is 9.56. The Kier molecular flexibility index (Phi) is 6.82. The van der Waals surface area contributed by atoms with E-state index >= 15 is 0 Å². The number of methoxy groups -OCH3 is 1. The van der Waals surface area contributed by atoms with Crippen molar-refractivity contribution in [3.63, 3.8) is 0 Å². The molecule has 2 aromatic carbocycles. The van der Waals surface area contributed by atoms with Gasteiger partial charge in [-0.1, -0.05) is 36.4 Å². The standard InChI is InChI=1S/C21H20ClFN2O3S/c1-4-28-18-9-6-13(11-19(18)27-3)10-17-20(26)25(21(24-17)29-5-2)14-7-8-16(23)15(22)12-14/h6-12H,4-5H2,1-3H3. The van der Waals surface area contributed by atoms with Gasteiger partial charge in [-0.3, -0.25) is 9.69 Å². The minimum atomic E-state index is -0.541. The number of halogens is 2. The van der Waals surface area contributed by atoms with Crippen LogP contribution >= 0.6 is 23.4 Å². The number of amides is 1. The van der Waals surface area contributed by atoms with Crippen LogP contribution in [0.25, 0.3) is 6.08 Å². The predicted molar refractivity (Wildman–Crippen MR) is 117 cm³/mol. The van der Waals surface area contributed by atoms with Gasteiger partial charge in [-0.2, -0.15) is 0 Å². The van der Waals surface area contributed by atoms with Gasteiger partial charge < -0.3 is 9.47 Å². The number of thioether (sulfide) groups is 1. The van der Waals surface area contributed by atoms with Crippen LogP contribution in [0.4, 0.5) is 10.1 Å². The number of carbonyl (C=O) groups excluding carboxylic acids is 1. The van der Waals surface area contributed by atoms with Crippen molar-refractivity contribution in [2.75, 3.05) is 24.4 Å². The summed E-state index contributed by atoms with van der Waals surface area (Å²) in [4.78, 5) is 19.0. The van der Waals surface area contributed by atoms with Crippen molar-refractivity contribution >= 4 is 46.2 Å². The zero-order valence-corrected chi connectivity index (χ0v) is 17.8. The Morgan fingerprint density at radius 2 is 2.00 bits per heavy atom. The predicted octanol–water partition coefficient (Wildman–Crippen LogP) is 5.38. The van der Waals surface area contributed by atoms with Crippen molar-refractivity contribution in [2.45, 2.75) is 13.8 Å². The van der Waals surface area contributed by atoms with E-state index in [-0.39, 0.29) is 16.6 Å². The van der Waals surface area contributed by atoms with Crippen molar-refractivity contribution < 1.29 is 18.7 Å². The third-order valence-corrected chi connectivity index (χ3v) is 5.17. The van der Waals surface area contributed by atoms with E-state index in [1.165, 1.54) is 34.9 Å². The maximum Gasteiger partial charge on any atom is 0.283 e. The van der Waals surface area contributed by atoms with Crippen molar-refractivity contribution in [1.82, 2.24) is 0 Å². The van der Waals surface area contributed by atoms with Gasteiger partial charge in [-0.05, 0) is 54.6 Å². The Labute approximate surface area is 178 Å². The Hall–Kier alpha value is -2.51. The molecule has 0 spiro atoms. The van der Waals surface area contributed by atoms with Crippen LogP contribution in [-0.2, 0) is 4.79 Å². The molecule has 2 aromatic rings. The maximum absolute atomic E-state index is 13.5. The summed E-state index contributed by atoms with van der Waals surface area (Å²) in [5.74, 6) is 1.07. The summed E-state index contributed by atoms with van der Waals surface area (Å²) in [6.07, 6.45) is 1.68. The van der Waals surface area contributed by atoms with E-state index in [0.717, 1.165) is 11.3 Å². The minimum absolute atomic E-state index is 0.0511. The highest BCUT2D eigenvalue weighted by Gasteiger charge is 2.32. The monoisotopic (exact) mass is 434 g/mol. The molecular weight excluding hydrogens is 415 g/mol. The van der Waals surface area contributed by atoms with Gasteiger partial charge in [0.2, 0.25) is 0 Å². The smallest absolute Gasteiger partial charge is 0.283 e. The van der Waals surface area contributed by atoms with Crippen LogP contribution in [0.3, 0.4) is 0 Å². The fourth-order valence-corrected chi connectivity index (χ4v) is 3.69. The van der Waals surface area contributed by atoms with Crippen molar-refractivity contribution in [3.8, 4) is 11.5 Å². The molecule has 0 N–H and O–H groups in total. The summed E-state index contributed by atoms with van der Waals surface area (Å²) in [5, 5.41) is 0.467. The Morgan fingerprint density at radius 1 is 1.21 bits per heavy atom. The molecule has 0 bridgehead atoms. The number of hydrogen-bond acceptors (Lipinski definition) is 5. The molecule has 5 nitrogen and oxygen atoms in total. The molecule has 1 heterocycles. The molecule has 0 unspecified atom stereocenters. The third kappa shape index (κ3) is 4.57. The van der Waals surface area contributed by atoms with E-state index in [4.69, 9.17) is 21.1 Å². The number of nitrogens with zero attached hydrogens (tertiary/aromatic N) is 2. The van der Waals surface area contributed by atoms with Gasteiger partial charge in [0.15, 0.2) is 16.7 Å². The first-order valence-corrected chi connectivity index (χ1v) is 10.4. The first-order valence-electron chi connectivity index (χ1n) is 9.02. The SMILES string of the molecule is CCOc1ccc(C=C2N=C(SCC)N(c3ccc(F)c(Cl)c3)C2=O)cc1OC. The number of anilines is 1. The van der Waals surface area contributed by atoms with Crippen LogP contribution in [0, 0.1) is 5.82 Å². The van der Waals surface area contributed by atoms with Gasteiger partial charge in [-0.15, -0.1) is 0 Å². The Balaban J connectivity index is 1.98. The van der Waals surface area contributed by atoms with Crippen molar-refractivity contribution in [3.05, 3.63) is 58.5 Å². The van der Waals surface area contributed by atoms with Crippen LogP contribution in [0.1, 0.15) is 19.4 Å². The molecule has 0 aliphatic carbocycles. The van der Waals surface area contributed by atoms with E-state index in [1.54, 1.807) is 25.3 Å². The average Bonchev–Trinajstić information content (AvgIpc) is 3.00. The average molecular weight is 435 g/mol. The highest BCUT2D eigenvalue weighted by Crippen LogP contribution is 2.33. The van der Waals surface area contributed by atoms with E-state index in [9.17, 15) is 9.18 Å². The van der Waals surface area contributed by atoms with Crippen LogP contribution in [0.5, 0.6) is 11.5 Å².